The zero-order valence-corrected chi connectivity index (χ0v) is 18.9. The van der Waals surface area contributed by atoms with Gasteiger partial charge in [-0.05, 0) is 29.3 Å². The number of hydrogen-bond acceptors (Lipinski definition) is 2. The van der Waals surface area contributed by atoms with E-state index in [0.717, 1.165) is 16.5 Å². The number of aromatic nitrogens is 1. The van der Waals surface area contributed by atoms with E-state index in [2.05, 4.69) is 16.7 Å². The van der Waals surface area contributed by atoms with Crippen molar-refractivity contribution in [1.82, 2.24) is 14.4 Å². The Morgan fingerprint density at radius 3 is 2.12 bits per heavy atom. The zero-order valence-electron chi connectivity index (χ0n) is 18.9. The number of carbonyl (C=O) groups excluding carboxylic acids is 2. The molecule has 0 atom stereocenters. The Hall–Kier alpha value is -3.93. The molecule has 5 nitrogen and oxygen atoms in total. The summed E-state index contributed by atoms with van der Waals surface area (Å²) < 4.78 is 15.2. The van der Waals surface area contributed by atoms with E-state index < -0.39 is 0 Å². The van der Waals surface area contributed by atoms with Gasteiger partial charge in [0.1, 0.15) is 5.82 Å². The molecule has 2 heterocycles. The summed E-state index contributed by atoms with van der Waals surface area (Å²) in [5.74, 6) is -0.319. The van der Waals surface area contributed by atoms with Gasteiger partial charge in [-0.25, -0.2) is 4.39 Å². The molecule has 0 aliphatic carbocycles. The average Bonchev–Trinajstić information content (AvgIpc) is 3.24. The number of carbonyl (C=O) groups is 2. The van der Waals surface area contributed by atoms with Crippen molar-refractivity contribution in [3.8, 4) is 0 Å². The molecule has 1 saturated heterocycles. The van der Waals surface area contributed by atoms with Crippen LogP contribution < -0.4 is 0 Å². The lowest BCUT2D eigenvalue weighted by Crippen LogP contribution is -2.51. The van der Waals surface area contributed by atoms with Crippen molar-refractivity contribution in [2.75, 3.05) is 26.2 Å². The highest BCUT2D eigenvalue weighted by Gasteiger charge is 2.27. The van der Waals surface area contributed by atoms with E-state index in [-0.39, 0.29) is 24.1 Å². The van der Waals surface area contributed by atoms with Crippen LogP contribution in [0.3, 0.4) is 0 Å². The SMILES string of the molecule is O=C(Cc1ccc(F)cc1)N1CCN(C(=O)c2cn(Cc3ccccc3)c3ccccc23)CC1. The Bertz CT molecular complexity index is 1310. The molecule has 0 N–H and O–H groups in total. The number of hydrogen-bond donors (Lipinski definition) is 0. The van der Waals surface area contributed by atoms with E-state index in [1.54, 1.807) is 17.0 Å². The summed E-state index contributed by atoms with van der Waals surface area (Å²) in [4.78, 5) is 29.7. The first-order chi connectivity index (χ1) is 16.6. The summed E-state index contributed by atoms with van der Waals surface area (Å²) in [5, 5.41) is 0.943. The smallest absolute Gasteiger partial charge is 0.256 e. The predicted molar refractivity (Wildman–Crippen MR) is 130 cm³/mol. The second-order valence-corrected chi connectivity index (χ2v) is 8.65. The molecule has 3 aromatic carbocycles. The minimum Gasteiger partial charge on any atom is -0.342 e. The van der Waals surface area contributed by atoms with Crippen molar-refractivity contribution in [1.29, 1.82) is 0 Å². The van der Waals surface area contributed by atoms with Gasteiger partial charge >= 0.3 is 0 Å². The van der Waals surface area contributed by atoms with E-state index >= 15 is 0 Å². The Morgan fingerprint density at radius 2 is 1.38 bits per heavy atom. The number of halogens is 1. The van der Waals surface area contributed by atoms with Crippen molar-refractivity contribution in [2.45, 2.75) is 13.0 Å². The Balaban J connectivity index is 1.28. The molecule has 1 aromatic heterocycles. The molecule has 0 bridgehead atoms. The quantitative estimate of drug-likeness (QED) is 0.449. The van der Waals surface area contributed by atoms with Crippen LogP contribution in [0.25, 0.3) is 10.9 Å². The maximum atomic E-state index is 13.5. The molecule has 34 heavy (non-hydrogen) atoms. The summed E-state index contributed by atoms with van der Waals surface area (Å²) in [6.45, 7) is 2.67. The highest BCUT2D eigenvalue weighted by molar-refractivity contribution is 6.07. The van der Waals surface area contributed by atoms with Crippen LogP contribution in [0.1, 0.15) is 21.5 Å². The van der Waals surface area contributed by atoms with Gasteiger partial charge in [-0.2, -0.15) is 0 Å². The normalized spacial score (nSPS) is 13.9. The second kappa shape index (κ2) is 9.51. The first kappa shape index (κ1) is 21.9. The van der Waals surface area contributed by atoms with Gasteiger partial charge in [0.25, 0.3) is 5.91 Å². The molecule has 0 spiro atoms. The number of amides is 2. The van der Waals surface area contributed by atoms with E-state index in [0.29, 0.717) is 38.3 Å². The van der Waals surface area contributed by atoms with E-state index in [9.17, 15) is 14.0 Å². The van der Waals surface area contributed by atoms with Crippen molar-refractivity contribution in [2.24, 2.45) is 0 Å². The van der Waals surface area contributed by atoms with Gasteiger partial charge in [-0.1, -0.05) is 60.7 Å². The molecule has 2 amide bonds. The van der Waals surface area contributed by atoms with E-state index in [1.807, 2.05) is 53.6 Å². The molecule has 0 saturated carbocycles. The van der Waals surface area contributed by atoms with Gasteiger partial charge in [0.05, 0.1) is 12.0 Å². The second-order valence-electron chi connectivity index (χ2n) is 8.65. The minimum atomic E-state index is -0.312. The van der Waals surface area contributed by atoms with Gasteiger partial charge < -0.3 is 14.4 Å². The van der Waals surface area contributed by atoms with E-state index in [4.69, 9.17) is 0 Å². The van der Waals surface area contributed by atoms with Crippen LogP contribution in [-0.2, 0) is 17.8 Å². The lowest BCUT2D eigenvalue weighted by Gasteiger charge is -2.34. The lowest BCUT2D eigenvalue weighted by atomic mass is 10.1. The topological polar surface area (TPSA) is 45.6 Å². The summed E-state index contributed by atoms with van der Waals surface area (Å²) >= 11 is 0. The molecule has 0 radical (unpaired) electrons. The average molecular weight is 456 g/mol. The van der Waals surface area contributed by atoms with Crippen LogP contribution in [0.5, 0.6) is 0 Å². The highest BCUT2D eigenvalue weighted by Crippen LogP contribution is 2.24. The summed E-state index contributed by atoms with van der Waals surface area (Å²) in [6, 6.07) is 24.2. The van der Waals surface area contributed by atoms with Crippen LogP contribution in [0, 0.1) is 5.82 Å². The maximum Gasteiger partial charge on any atom is 0.256 e. The van der Waals surface area contributed by atoms with Gasteiger partial charge in [0.2, 0.25) is 5.91 Å². The van der Waals surface area contributed by atoms with Crippen molar-refractivity contribution >= 4 is 22.7 Å². The molecule has 0 unspecified atom stereocenters. The van der Waals surface area contributed by atoms with Crippen molar-refractivity contribution < 1.29 is 14.0 Å². The Morgan fingerprint density at radius 1 is 0.735 bits per heavy atom. The van der Waals surface area contributed by atoms with Crippen LogP contribution in [0.2, 0.25) is 0 Å². The van der Waals surface area contributed by atoms with Gasteiger partial charge in [-0.15, -0.1) is 0 Å². The fraction of sp³-hybridized carbons (Fsp3) is 0.214. The van der Waals surface area contributed by atoms with E-state index in [1.165, 1.54) is 17.7 Å². The molecular weight excluding hydrogens is 429 g/mol. The minimum absolute atomic E-state index is 0.00169. The molecule has 5 rings (SSSR count). The molecule has 172 valence electrons. The highest BCUT2D eigenvalue weighted by atomic mass is 19.1. The monoisotopic (exact) mass is 455 g/mol. The third-order valence-corrected chi connectivity index (χ3v) is 6.40. The Kier molecular flexibility index (Phi) is 6.12. The van der Waals surface area contributed by atoms with Crippen LogP contribution in [0.4, 0.5) is 4.39 Å². The lowest BCUT2D eigenvalue weighted by molar-refractivity contribution is -0.131. The number of fused-ring (bicyclic) bond motifs is 1. The molecule has 1 aliphatic heterocycles. The molecule has 6 heteroatoms. The fourth-order valence-corrected chi connectivity index (χ4v) is 4.55. The van der Waals surface area contributed by atoms with Crippen LogP contribution in [-0.4, -0.2) is 52.4 Å². The number of piperazine rings is 1. The first-order valence-electron chi connectivity index (χ1n) is 11.5. The largest absolute Gasteiger partial charge is 0.342 e. The van der Waals surface area contributed by atoms with Crippen LogP contribution in [0.15, 0.2) is 85.1 Å². The van der Waals surface area contributed by atoms with Crippen molar-refractivity contribution in [3.63, 3.8) is 0 Å². The van der Waals surface area contributed by atoms with Gasteiger partial charge in [0.15, 0.2) is 0 Å². The number of rotatable bonds is 5. The van der Waals surface area contributed by atoms with Gasteiger partial charge in [0, 0.05) is 49.8 Å². The Labute approximate surface area is 198 Å². The third kappa shape index (κ3) is 4.57. The maximum absolute atomic E-state index is 13.5. The number of benzene rings is 3. The zero-order chi connectivity index (χ0) is 23.5. The van der Waals surface area contributed by atoms with Crippen LogP contribution >= 0.6 is 0 Å². The van der Waals surface area contributed by atoms with Gasteiger partial charge in [-0.3, -0.25) is 9.59 Å². The molecule has 1 fully saturated rings. The summed E-state index contributed by atoms with van der Waals surface area (Å²) in [6.07, 6.45) is 2.19. The van der Waals surface area contributed by atoms with Crippen molar-refractivity contribution in [3.05, 3.63) is 108 Å². The molecule has 1 aliphatic rings. The number of para-hydroxylation sites is 1. The standard InChI is InChI=1S/C28H26FN3O2/c29-23-12-10-21(11-13-23)18-27(33)30-14-16-31(17-15-30)28(34)25-20-32(19-22-6-2-1-3-7-22)26-9-5-4-8-24(25)26/h1-13,20H,14-19H2. The number of nitrogens with zero attached hydrogens (tertiary/aromatic N) is 3. The molecular formula is C28H26FN3O2. The first-order valence-corrected chi connectivity index (χ1v) is 11.5. The fourth-order valence-electron chi connectivity index (χ4n) is 4.55. The summed E-state index contributed by atoms with van der Waals surface area (Å²) in [7, 11) is 0. The third-order valence-electron chi connectivity index (χ3n) is 6.40. The molecule has 4 aromatic rings. The predicted octanol–water partition coefficient (Wildman–Crippen LogP) is 4.36. The summed E-state index contributed by atoms with van der Waals surface area (Å²) in [5.41, 5.74) is 3.69.